The van der Waals surface area contributed by atoms with E-state index < -0.39 is 18.3 Å². The monoisotopic (exact) mass is 134 g/mol. The van der Waals surface area contributed by atoms with Gasteiger partial charge < -0.3 is 20.1 Å². The predicted octanol–water partition coefficient (Wildman–Crippen LogP) is -1.90. The van der Waals surface area contributed by atoms with E-state index >= 15 is 0 Å². The minimum Gasteiger partial charge on any atom is -0.394 e. The van der Waals surface area contributed by atoms with Gasteiger partial charge in [-0.1, -0.05) is 0 Å². The molecule has 0 aromatic carbocycles. The van der Waals surface area contributed by atoms with E-state index in [0.717, 1.165) is 0 Å². The molecule has 0 radical (unpaired) electrons. The number of hydrogen-bond acceptors (Lipinski definition) is 4. The largest absolute Gasteiger partial charge is 0.394 e. The lowest BCUT2D eigenvalue weighted by molar-refractivity contribution is -0.00588. The average Bonchev–Trinajstić information content (AvgIpc) is 2.15. The van der Waals surface area contributed by atoms with Crippen LogP contribution in [0.2, 0.25) is 0 Å². The summed E-state index contributed by atoms with van der Waals surface area (Å²) in [6.07, 6.45) is -2.35. The predicted molar refractivity (Wildman–Crippen MR) is 28.8 cm³/mol. The zero-order valence-electron chi connectivity index (χ0n) is 4.90. The van der Waals surface area contributed by atoms with Crippen molar-refractivity contribution < 1.29 is 20.1 Å². The fourth-order valence-electron chi connectivity index (χ4n) is 0.828. The topological polar surface area (TPSA) is 69.9 Å². The summed E-state index contributed by atoms with van der Waals surface area (Å²) in [6.45, 7) is -0.120. The number of hydrogen-bond donors (Lipinski definition) is 3. The quantitative estimate of drug-likeness (QED) is 0.392. The summed E-state index contributed by atoms with van der Waals surface area (Å²) in [4.78, 5) is 0. The van der Waals surface area contributed by atoms with Gasteiger partial charge in [-0.15, -0.1) is 0 Å². The zero-order chi connectivity index (χ0) is 6.85. The smallest absolute Gasteiger partial charge is 0.110 e. The molecule has 9 heavy (non-hydrogen) atoms. The third kappa shape index (κ3) is 1.21. The van der Waals surface area contributed by atoms with Gasteiger partial charge in [-0.25, -0.2) is 0 Å². The Morgan fingerprint density at radius 2 is 2.11 bits per heavy atom. The van der Waals surface area contributed by atoms with Crippen LogP contribution < -0.4 is 0 Å². The molecular weight excluding hydrogens is 124 g/mol. The lowest BCUT2D eigenvalue weighted by atomic mass is 10.2. The molecule has 3 atom stereocenters. The second kappa shape index (κ2) is 2.62. The third-order valence-electron chi connectivity index (χ3n) is 1.44. The zero-order valence-corrected chi connectivity index (χ0v) is 4.90. The van der Waals surface area contributed by atoms with Crippen molar-refractivity contribution in [3.63, 3.8) is 0 Å². The Morgan fingerprint density at radius 1 is 1.44 bits per heavy atom. The molecular formula is C5H10O4. The fraction of sp³-hybridized carbons (Fsp3) is 1.00. The van der Waals surface area contributed by atoms with E-state index in [4.69, 9.17) is 20.1 Å². The minimum absolute atomic E-state index is 0.117. The summed E-state index contributed by atoms with van der Waals surface area (Å²) in [5.74, 6) is 0. The molecule has 0 aromatic heterocycles. The van der Waals surface area contributed by atoms with Crippen LogP contribution in [0.1, 0.15) is 0 Å². The van der Waals surface area contributed by atoms with E-state index in [-0.39, 0.29) is 13.2 Å². The highest BCUT2D eigenvalue weighted by Crippen LogP contribution is 2.12. The van der Waals surface area contributed by atoms with Crippen LogP contribution in [0.15, 0.2) is 0 Å². The second-order valence-corrected chi connectivity index (χ2v) is 2.11. The molecule has 4 nitrogen and oxygen atoms in total. The molecule has 3 N–H and O–H groups in total. The molecule has 0 aliphatic carbocycles. The first-order valence-electron chi connectivity index (χ1n) is 2.84. The van der Waals surface area contributed by atoms with Crippen molar-refractivity contribution in [2.75, 3.05) is 13.2 Å². The first-order valence-corrected chi connectivity index (χ1v) is 2.84. The number of aliphatic hydroxyl groups is 3. The Kier molecular flexibility index (Phi) is 2.02. The van der Waals surface area contributed by atoms with Gasteiger partial charge in [0, 0.05) is 0 Å². The third-order valence-corrected chi connectivity index (χ3v) is 1.44. The Morgan fingerprint density at radius 3 is 2.33 bits per heavy atom. The molecule has 54 valence electrons. The Balaban J connectivity index is 2.41. The molecule has 1 rings (SSSR count). The van der Waals surface area contributed by atoms with E-state index in [1.807, 2.05) is 0 Å². The fourth-order valence-corrected chi connectivity index (χ4v) is 0.828. The van der Waals surface area contributed by atoms with Gasteiger partial charge in [0.2, 0.25) is 0 Å². The Hall–Kier alpha value is -0.160. The van der Waals surface area contributed by atoms with E-state index in [2.05, 4.69) is 0 Å². The normalized spacial score (nSPS) is 43.7. The lowest BCUT2D eigenvalue weighted by Gasteiger charge is -2.10. The number of ether oxygens (including phenoxy) is 1. The molecule has 0 amide bonds. The molecule has 0 bridgehead atoms. The maximum absolute atomic E-state index is 8.92. The summed E-state index contributed by atoms with van der Waals surface area (Å²) in [6, 6.07) is 0. The van der Waals surface area contributed by atoms with Crippen LogP contribution in [0, 0.1) is 0 Å². The van der Waals surface area contributed by atoms with E-state index in [1.165, 1.54) is 0 Å². The van der Waals surface area contributed by atoms with Crippen molar-refractivity contribution in [1.82, 2.24) is 0 Å². The van der Waals surface area contributed by atoms with Crippen LogP contribution in [0.5, 0.6) is 0 Å². The van der Waals surface area contributed by atoms with E-state index in [9.17, 15) is 0 Å². The van der Waals surface area contributed by atoms with Gasteiger partial charge in [0.05, 0.1) is 13.2 Å². The molecule has 1 heterocycles. The van der Waals surface area contributed by atoms with Gasteiger partial charge in [0.25, 0.3) is 0 Å². The van der Waals surface area contributed by atoms with Crippen molar-refractivity contribution in [2.45, 2.75) is 18.3 Å². The lowest BCUT2D eigenvalue weighted by Crippen LogP contribution is -2.31. The first kappa shape index (κ1) is 6.95. The summed E-state index contributed by atoms with van der Waals surface area (Å²) < 4.78 is 4.78. The van der Waals surface area contributed by atoms with Crippen molar-refractivity contribution in [2.24, 2.45) is 0 Å². The van der Waals surface area contributed by atoms with Gasteiger partial charge in [-0.05, 0) is 0 Å². The molecule has 4 heteroatoms. The highest BCUT2D eigenvalue weighted by molar-refractivity contribution is 4.81. The van der Waals surface area contributed by atoms with Crippen molar-refractivity contribution in [1.29, 1.82) is 0 Å². The summed E-state index contributed by atoms with van der Waals surface area (Å²) in [5.41, 5.74) is 0. The summed E-state index contributed by atoms with van der Waals surface area (Å²) >= 11 is 0. The van der Waals surface area contributed by atoms with Crippen molar-refractivity contribution >= 4 is 0 Å². The Labute approximate surface area is 52.7 Å². The Bertz CT molecular complexity index is 95.0. The standard InChI is InChI=1S/C5H10O4/c6-1-4-5(8)3(7)2-9-4/h3-8H,1-2H2/t3?,4-,5?/m1/s1. The van der Waals surface area contributed by atoms with Crippen LogP contribution in [0.4, 0.5) is 0 Å². The highest BCUT2D eigenvalue weighted by Gasteiger charge is 2.33. The van der Waals surface area contributed by atoms with Gasteiger partial charge in [0.1, 0.15) is 18.3 Å². The van der Waals surface area contributed by atoms with E-state index in [1.54, 1.807) is 0 Å². The number of rotatable bonds is 1. The van der Waals surface area contributed by atoms with Gasteiger partial charge >= 0.3 is 0 Å². The van der Waals surface area contributed by atoms with Crippen LogP contribution in [-0.4, -0.2) is 46.8 Å². The van der Waals surface area contributed by atoms with Crippen molar-refractivity contribution in [3.05, 3.63) is 0 Å². The SMILES string of the molecule is OC[C@H]1OCC(O)C1O. The van der Waals surface area contributed by atoms with E-state index in [0.29, 0.717) is 0 Å². The molecule has 1 fully saturated rings. The van der Waals surface area contributed by atoms with Crippen LogP contribution in [0.3, 0.4) is 0 Å². The minimum atomic E-state index is -0.921. The maximum Gasteiger partial charge on any atom is 0.110 e. The van der Waals surface area contributed by atoms with Gasteiger partial charge in [-0.3, -0.25) is 0 Å². The first-order chi connectivity index (χ1) is 4.25. The second-order valence-electron chi connectivity index (χ2n) is 2.11. The molecule has 2 unspecified atom stereocenters. The molecule has 1 aliphatic heterocycles. The van der Waals surface area contributed by atoms with Crippen molar-refractivity contribution in [3.8, 4) is 0 Å². The molecule has 0 saturated carbocycles. The van der Waals surface area contributed by atoms with Crippen LogP contribution >= 0.6 is 0 Å². The van der Waals surface area contributed by atoms with Gasteiger partial charge in [0.15, 0.2) is 0 Å². The molecule has 0 aromatic rings. The number of aliphatic hydroxyl groups excluding tert-OH is 3. The average molecular weight is 134 g/mol. The summed E-state index contributed by atoms with van der Waals surface area (Å²) in [7, 11) is 0. The molecule has 1 aliphatic rings. The molecule has 0 spiro atoms. The summed E-state index contributed by atoms with van der Waals surface area (Å²) in [5, 5.41) is 26.2. The highest BCUT2D eigenvalue weighted by atomic mass is 16.5. The molecule has 1 saturated heterocycles. The van der Waals surface area contributed by atoms with Crippen LogP contribution in [-0.2, 0) is 4.74 Å². The van der Waals surface area contributed by atoms with Gasteiger partial charge in [-0.2, -0.15) is 0 Å². The maximum atomic E-state index is 8.92. The van der Waals surface area contributed by atoms with Crippen LogP contribution in [0.25, 0.3) is 0 Å².